The van der Waals surface area contributed by atoms with Gasteiger partial charge in [-0.3, -0.25) is 9.69 Å². The number of rotatable bonds is 6. The summed E-state index contributed by atoms with van der Waals surface area (Å²) < 4.78 is 0. The van der Waals surface area contributed by atoms with Crippen LogP contribution in [0.3, 0.4) is 0 Å². The van der Waals surface area contributed by atoms with Crippen molar-refractivity contribution in [3.63, 3.8) is 0 Å². The molecule has 1 aromatic rings. The second kappa shape index (κ2) is 9.52. The number of guanidine groups is 1. The second-order valence-corrected chi connectivity index (χ2v) is 6.58. The summed E-state index contributed by atoms with van der Waals surface area (Å²) in [7, 11) is 0. The van der Waals surface area contributed by atoms with Crippen LogP contribution in [0.1, 0.15) is 18.7 Å². The first-order valence-electron chi connectivity index (χ1n) is 8.21. The molecule has 0 unspecified atom stereocenters. The SMILES string of the molecule is CCNC(=NCc1cccs1)NCCN1CCN(C(C)=O)CC1. The Morgan fingerprint density at radius 2 is 2.09 bits per heavy atom. The summed E-state index contributed by atoms with van der Waals surface area (Å²) in [5.41, 5.74) is 0. The molecule has 7 heteroatoms. The molecular formula is C16H27N5OS. The van der Waals surface area contributed by atoms with Crippen LogP contribution in [0, 0.1) is 0 Å². The van der Waals surface area contributed by atoms with Crippen molar-refractivity contribution < 1.29 is 4.79 Å². The molecule has 0 atom stereocenters. The largest absolute Gasteiger partial charge is 0.357 e. The molecule has 0 bridgehead atoms. The van der Waals surface area contributed by atoms with E-state index in [1.54, 1.807) is 18.3 Å². The van der Waals surface area contributed by atoms with Gasteiger partial charge in [0.1, 0.15) is 0 Å². The van der Waals surface area contributed by atoms with Crippen LogP contribution in [-0.4, -0.2) is 67.5 Å². The first kappa shape index (κ1) is 17.7. The number of piperazine rings is 1. The van der Waals surface area contributed by atoms with E-state index in [0.29, 0.717) is 6.54 Å². The van der Waals surface area contributed by atoms with E-state index in [4.69, 9.17) is 0 Å². The molecule has 1 fully saturated rings. The van der Waals surface area contributed by atoms with Crippen molar-refractivity contribution in [2.45, 2.75) is 20.4 Å². The van der Waals surface area contributed by atoms with Crippen molar-refractivity contribution in [2.75, 3.05) is 45.8 Å². The van der Waals surface area contributed by atoms with Crippen LogP contribution in [0.2, 0.25) is 0 Å². The molecule has 2 N–H and O–H groups in total. The highest BCUT2D eigenvalue weighted by atomic mass is 32.1. The summed E-state index contributed by atoms with van der Waals surface area (Å²) >= 11 is 1.73. The normalized spacial score (nSPS) is 16.4. The van der Waals surface area contributed by atoms with Crippen molar-refractivity contribution in [2.24, 2.45) is 4.99 Å². The zero-order chi connectivity index (χ0) is 16.5. The number of thiophene rings is 1. The van der Waals surface area contributed by atoms with Crippen LogP contribution in [0.25, 0.3) is 0 Å². The smallest absolute Gasteiger partial charge is 0.219 e. The van der Waals surface area contributed by atoms with Gasteiger partial charge >= 0.3 is 0 Å². The van der Waals surface area contributed by atoms with Gasteiger partial charge in [0, 0.05) is 57.6 Å². The van der Waals surface area contributed by atoms with Gasteiger partial charge in [0.25, 0.3) is 0 Å². The van der Waals surface area contributed by atoms with Crippen molar-refractivity contribution in [3.05, 3.63) is 22.4 Å². The van der Waals surface area contributed by atoms with Gasteiger partial charge in [-0.1, -0.05) is 6.07 Å². The molecule has 0 radical (unpaired) electrons. The molecule has 6 nitrogen and oxygen atoms in total. The fourth-order valence-electron chi connectivity index (χ4n) is 2.52. The van der Waals surface area contributed by atoms with E-state index in [2.05, 4.69) is 45.0 Å². The predicted molar refractivity (Wildman–Crippen MR) is 95.8 cm³/mol. The van der Waals surface area contributed by atoms with Gasteiger partial charge in [0.2, 0.25) is 5.91 Å². The molecule has 0 saturated carbocycles. The number of carbonyl (C=O) groups is 1. The average molecular weight is 337 g/mol. The maximum atomic E-state index is 11.3. The van der Waals surface area contributed by atoms with E-state index in [1.807, 2.05) is 4.90 Å². The predicted octanol–water partition coefficient (Wildman–Crippen LogP) is 0.967. The Balaban J connectivity index is 1.70. The Hall–Kier alpha value is -1.60. The highest BCUT2D eigenvalue weighted by Crippen LogP contribution is 2.09. The molecule has 1 aromatic heterocycles. The van der Waals surface area contributed by atoms with Gasteiger partial charge in [0.05, 0.1) is 6.54 Å². The quantitative estimate of drug-likeness (QED) is 0.600. The molecule has 23 heavy (non-hydrogen) atoms. The molecule has 0 aliphatic carbocycles. The van der Waals surface area contributed by atoms with E-state index >= 15 is 0 Å². The maximum Gasteiger partial charge on any atom is 0.219 e. The van der Waals surface area contributed by atoms with Crippen LogP contribution in [0.5, 0.6) is 0 Å². The molecule has 1 saturated heterocycles. The number of hydrogen-bond acceptors (Lipinski definition) is 4. The van der Waals surface area contributed by atoms with Crippen molar-refractivity contribution >= 4 is 23.2 Å². The number of amides is 1. The average Bonchev–Trinajstić information content (AvgIpc) is 3.06. The van der Waals surface area contributed by atoms with Gasteiger partial charge in [-0.05, 0) is 18.4 Å². The monoisotopic (exact) mass is 337 g/mol. The fourth-order valence-corrected chi connectivity index (χ4v) is 3.15. The lowest BCUT2D eigenvalue weighted by Gasteiger charge is -2.34. The molecular weight excluding hydrogens is 310 g/mol. The van der Waals surface area contributed by atoms with Crippen molar-refractivity contribution in [1.29, 1.82) is 0 Å². The lowest BCUT2D eigenvalue weighted by molar-refractivity contribution is -0.130. The van der Waals surface area contributed by atoms with Gasteiger partial charge < -0.3 is 15.5 Å². The van der Waals surface area contributed by atoms with E-state index in [9.17, 15) is 4.79 Å². The molecule has 1 amide bonds. The van der Waals surface area contributed by atoms with Gasteiger partial charge in [-0.2, -0.15) is 0 Å². The Kier molecular flexibility index (Phi) is 7.35. The lowest BCUT2D eigenvalue weighted by Crippen LogP contribution is -2.50. The third-order valence-electron chi connectivity index (χ3n) is 3.86. The zero-order valence-electron chi connectivity index (χ0n) is 14.0. The molecule has 1 aliphatic rings. The molecule has 0 spiro atoms. The van der Waals surface area contributed by atoms with E-state index in [1.165, 1.54) is 4.88 Å². The number of nitrogens with zero attached hydrogens (tertiary/aromatic N) is 3. The van der Waals surface area contributed by atoms with Crippen LogP contribution in [0.15, 0.2) is 22.5 Å². The second-order valence-electron chi connectivity index (χ2n) is 5.55. The Morgan fingerprint density at radius 1 is 1.30 bits per heavy atom. The minimum absolute atomic E-state index is 0.179. The highest BCUT2D eigenvalue weighted by molar-refractivity contribution is 7.09. The topological polar surface area (TPSA) is 60.0 Å². The molecule has 2 rings (SSSR count). The molecule has 0 aromatic carbocycles. The first-order chi connectivity index (χ1) is 11.2. The Morgan fingerprint density at radius 3 is 2.70 bits per heavy atom. The number of aliphatic imine (C=N–C) groups is 1. The Labute approximate surface area is 142 Å². The zero-order valence-corrected chi connectivity index (χ0v) is 14.9. The van der Waals surface area contributed by atoms with Crippen LogP contribution < -0.4 is 10.6 Å². The minimum Gasteiger partial charge on any atom is -0.357 e. The summed E-state index contributed by atoms with van der Waals surface area (Å²) in [6, 6.07) is 4.16. The summed E-state index contributed by atoms with van der Waals surface area (Å²) in [5, 5.41) is 8.74. The third-order valence-corrected chi connectivity index (χ3v) is 4.72. The first-order valence-corrected chi connectivity index (χ1v) is 9.09. The minimum atomic E-state index is 0.179. The molecule has 1 aliphatic heterocycles. The number of hydrogen-bond donors (Lipinski definition) is 2. The van der Waals surface area contributed by atoms with E-state index in [-0.39, 0.29) is 5.91 Å². The van der Waals surface area contributed by atoms with Crippen LogP contribution in [0.4, 0.5) is 0 Å². The highest BCUT2D eigenvalue weighted by Gasteiger charge is 2.17. The third kappa shape index (κ3) is 6.19. The maximum absolute atomic E-state index is 11.3. The van der Waals surface area contributed by atoms with Crippen molar-refractivity contribution in [1.82, 2.24) is 20.4 Å². The van der Waals surface area contributed by atoms with E-state index < -0.39 is 0 Å². The van der Waals surface area contributed by atoms with Gasteiger partial charge in [-0.25, -0.2) is 4.99 Å². The van der Waals surface area contributed by atoms with Gasteiger partial charge in [0.15, 0.2) is 5.96 Å². The lowest BCUT2D eigenvalue weighted by atomic mass is 10.3. The summed E-state index contributed by atoms with van der Waals surface area (Å²) in [5.74, 6) is 1.04. The summed E-state index contributed by atoms with van der Waals surface area (Å²) in [6.45, 7) is 10.7. The standard InChI is InChI=1S/C16H27N5OS/c1-3-17-16(19-13-15-5-4-12-23-15)18-6-7-20-8-10-21(11-9-20)14(2)22/h4-5,12H,3,6-11,13H2,1-2H3,(H2,17,18,19). The van der Waals surface area contributed by atoms with E-state index in [0.717, 1.165) is 51.8 Å². The van der Waals surface area contributed by atoms with Gasteiger partial charge in [-0.15, -0.1) is 11.3 Å². The molecule has 2 heterocycles. The van der Waals surface area contributed by atoms with Crippen LogP contribution in [-0.2, 0) is 11.3 Å². The summed E-state index contributed by atoms with van der Waals surface area (Å²) in [4.78, 5) is 21.5. The van der Waals surface area contributed by atoms with Crippen LogP contribution >= 0.6 is 11.3 Å². The fraction of sp³-hybridized carbons (Fsp3) is 0.625. The number of carbonyl (C=O) groups excluding carboxylic acids is 1. The summed E-state index contributed by atoms with van der Waals surface area (Å²) in [6.07, 6.45) is 0. The molecule has 128 valence electrons. The Bertz CT molecular complexity index is 495. The number of nitrogens with one attached hydrogen (secondary N) is 2. The van der Waals surface area contributed by atoms with Crippen molar-refractivity contribution in [3.8, 4) is 0 Å².